The molecule has 0 bridgehead atoms. The number of piperazine rings is 1. The molecule has 2 fully saturated rings. The van der Waals surface area contributed by atoms with E-state index in [0.29, 0.717) is 19.0 Å². The van der Waals surface area contributed by atoms with Crippen molar-refractivity contribution >= 4 is 10.0 Å². The number of ether oxygens (including phenoxy) is 1. The molecule has 3 heterocycles. The molecule has 3 rings (SSSR count). The summed E-state index contributed by atoms with van der Waals surface area (Å²) in [5.41, 5.74) is -1.36. The Morgan fingerprint density at radius 1 is 1.15 bits per heavy atom. The van der Waals surface area contributed by atoms with Crippen molar-refractivity contribution in [1.29, 1.82) is 0 Å². The third-order valence-electron chi connectivity index (χ3n) is 4.85. The Bertz CT molecular complexity index is 713. The van der Waals surface area contributed by atoms with E-state index in [9.17, 15) is 21.6 Å². The Hall–Kier alpha value is -1.23. The van der Waals surface area contributed by atoms with Crippen LogP contribution in [0.2, 0.25) is 0 Å². The van der Waals surface area contributed by atoms with Crippen LogP contribution >= 0.6 is 0 Å². The number of aromatic nitrogens is 1. The zero-order valence-corrected chi connectivity index (χ0v) is 15.1. The molecule has 2 saturated heterocycles. The van der Waals surface area contributed by atoms with Crippen LogP contribution in [0, 0.1) is 5.92 Å². The number of alkyl halides is 3. The molecule has 26 heavy (non-hydrogen) atoms. The molecule has 0 amide bonds. The molecule has 1 aromatic rings. The molecule has 0 aromatic carbocycles. The van der Waals surface area contributed by atoms with Crippen molar-refractivity contribution in [1.82, 2.24) is 14.2 Å². The Labute approximate surface area is 151 Å². The highest BCUT2D eigenvalue weighted by atomic mass is 32.2. The second-order valence-electron chi connectivity index (χ2n) is 6.61. The normalized spacial score (nSPS) is 21.8. The summed E-state index contributed by atoms with van der Waals surface area (Å²) in [6, 6.07) is 2.18. The van der Waals surface area contributed by atoms with E-state index < -0.39 is 26.8 Å². The van der Waals surface area contributed by atoms with Crippen molar-refractivity contribution < 1.29 is 26.3 Å². The van der Waals surface area contributed by atoms with Crippen LogP contribution in [0.25, 0.3) is 0 Å². The summed E-state index contributed by atoms with van der Waals surface area (Å²) in [6.45, 7) is 3.75. The minimum absolute atomic E-state index is 0.178. The Morgan fingerprint density at radius 3 is 2.42 bits per heavy atom. The smallest absolute Gasteiger partial charge is 0.381 e. The number of halogens is 3. The molecule has 0 spiro atoms. The lowest BCUT2D eigenvalue weighted by atomic mass is 9.99. The van der Waals surface area contributed by atoms with E-state index in [2.05, 4.69) is 9.88 Å². The third kappa shape index (κ3) is 4.36. The third-order valence-corrected chi connectivity index (χ3v) is 6.78. The summed E-state index contributed by atoms with van der Waals surface area (Å²) in [6.07, 6.45) is -1.88. The highest BCUT2D eigenvalue weighted by Crippen LogP contribution is 2.33. The zero-order valence-electron chi connectivity index (χ0n) is 14.3. The average Bonchev–Trinajstić information content (AvgIpc) is 2.62. The van der Waals surface area contributed by atoms with Crippen LogP contribution in [0.15, 0.2) is 23.2 Å². The van der Waals surface area contributed by atoms with Gasteiger partial charge in [-0.3, -0.25) is 4.98 Å². The monoisotopic (exact) mass is 393 g/mol. The fourth-order valence-electron chi connectivity index (χ4n) is 3.40. The van der Waals surface area contributed by atoms with E-state index in [0.717, 1.165) is 49.2 Å². The van der Waals surface area contributed by atoms with Crippen LogP contribution in [-0.2, 0) is 20.9 Å². The number of sulfonamides is 1. The van der Waals surface area contributed by atoms with Gasteiger partial charge in [-0.2, -0.15) is 17.5 Å². The fraction of sp³-hybridized carbons (Fsp3) is 0.688. The largest absolute Gasteiger partial charge is 0.434 e. The lowest BCUT2D eigenvalue weighted by molar-refractivity contribution is -0.143. The van der Waals surface area contributed by atoms with Gasteiger partial charge in [0.1, 0.15) is 4.90 Å². The van der Waals surface area contributed by atoms with Gasteiger partial charge in [0, 0.05) is 52.1 Å². The van der Waals surface area contributed by atoms with Gasteiger partial charge in [0.2, 0.25) is 10.0 Å². The van der Waals surface area contributed by atoms with Crippen molar-refractivity contribution in [3.63, 3.8) is 0 Å². The molecule has 10 heteroatoms. The van der Waals surface area contributed by atoms with E-state index in [4.69, 9.17) is 4.74 Å². The number of pyridine rings is 1. The molecule has 1 aromatic heterocycles. The van der Waals surface area contributed by atoms with Crippen LogP contribution in [0.4, 0.5) is 13.2 Å². The summed E-state index contributed by atoms with van der Waals surface area (Å²) in [7, 11) is -4.23. The number of hydrogen-bond acceptors (Lipinski definition) is 5. The molecule has 6 nitrogen and oxygen atoms in total. The molecule has 0 atom stereocenters. The fourth-order valence-corrected chi connectivity index (χ4v) is 4.98. The van der Waals surface area contributed by atoms with E-state index in [-0.39, 0.29) is 13.1 Å². The van der Waals surface area contributed by atoms with Gasteiger partial charge < -0.3 is 9.64 Å². The Kier molecular flexibility index (Phi) is 5.85. The van der Waals surface area contributed by atoms with Crippen molar-refractivity contribution in [2.45, 2.75) is 23.9 Å². The maximum absolute atomic E-state index is 13.1. The molecule has 0 saturated carbocycles. The molecule has 0 unspecified atom stereocenters. The quantitative estimate of drug-likeness (QED) is 0.781. The maximum atomic E-state index is 13.1. The summed E-state index contributed by atoms with van der Waals surface area (Å²) in [5.74, 6) is 0.530. The molecule has 2 aliphatic rings. The molecular formula is C16H22F3N3O3S. The minimum Gasteiger partial charge on any atom is -0.381 e. The van der Waals surface area contributed by atoms with E-state index in [1.807, 2.05) is 0 Å². The van der Waals surface area contributed by atoms with E-state index in [1.165, 1.54) is 6.07 Å². The molecule has 0 N–H and O–H groups in total. The first kappa shape index (κ1) is 19.5. The van der Waals surface area contributed by atoms with Gasteiger partial charge >= 0.3 is 6.18 Å². The highest BCUT2D eigenvalue weighted by molar-refractivity contribution is 7.89. The standard InChI is InChI=1S/C16H22F3N3O3S/c17-16(18,19)15-14(2-1-5-20-15)26(23,24)22-8-6-21(7-9-22)12-13-3-10-25-11-4-13/h1-2,5,13H,3-4,6-12H2. The van der Waals surface area contributed by atoms with Crippen LogP contribution in [0.3, 0.4) is 0 Å². The van der Waals surface area contributed by atoms with Gasteiger partial charge in [0.05, 0.1) is 0 Å². The van der Waals surface area contributed by atoms with Gasteiger partial charge in [-0.15, -0.1) is 0 Å². The van der Waals surface area contributed by atoms with Gasteiger partial charge in [0.25, 0.3) is 0 Å². The Balaban J connectivity index is 1.67. The van der Waals surface area contributed by atoms with E-state index >= 15 is 0 Å². The van der Waals surface area contributed by atoms with Crippen molar-refractivity contribution in [3.8, 4) is 0 Å². The van der Waals surface area contributed by atoms with Crippen LogP contribution < -0.4 is 0 Å². The van der Waals surface area contributed by atoms with Crippen molar-refractivity contribution in [3.05, 3.63) is 24.0 Å². The minimum atomic E-state index is -4.81. The van der Waals surface area contributed by atoms with Crippen LogP contribution in [-0.4, -0.2) is 68.5 Å². The summed E-state index contributed by atoms with van der Waals surface area (Å²) >= 11 is 0. The number of rotatable bonds is 4. The van der Waals surface area contributed by atoms with E-state index in [1.54, 1.807) is 0 Å². The van der Waals surface area contributed by atoms with Crippen LogP contribution in [0.5, 0.6) is 0 Å². The second-order valence-corrected chi connectivity index (χ2v) is 8.51. The number of hydrogen-bond donors (Lipinski definition) is 0. The van der Waals surface area contributed by atoms with Gasteiger partial charge in [-0.1, -0.05) is 0 Å². The van der Waals surface area contributed by atoms with Gasteiger partial charge in [-0.05, 0) is 30.9 Å². The SMILES string of the molecule is O=S(=O)(c1cccnc1C(F)(F)F)N1CCN(CC2CCOCC2)CC1. The van der Waals surface area contributed by atoms with Crippen molar-refractivity contribution in [2.24, 2.45) is 5.92 Å². The predicted molar refractivity (Wildman–Crippen MR) is 88.0 cm³/mol. The van der Waals surface area contributed by atoms with Gasteiger partial charge in [0.15, 0.2) is 5.69 Å². The first-order chi connectivity index (χ1) is 12.3. The van der Waals surface area contributed by atoms with Crippen molar-refractivity contribution in [2.75, 3.05) is 45.9 Å². The second kappa shape index (κ2) is 7.79. The first-order valence-corrected chi connectivity index (χ1v) is 10.0. The van der Waals surface area contributed by atoms with Crippen LogP contribution in [0.1, 0.15) is 18.5 Å². The lowest BCUT2D eigenvalue weighted by Gasteiger charge is -2.36. The summed E-state index contributed by atoms with van der Waals surface area (Å²) in [5, 5.41) is 0. The highest BCUT2D eigenvalue weighted by Gasteiger charge is 2.41. The number of nitrogens with zero attached hydrogens (tertiary/aromatic N) is 3. The predicted octanol–water partition coefficient (Wildman–Crippen LogP) is 1.83. The molecular weight excluding hydrogens is 371 g/mol. The average molecular weight is 393 g/mol. The molecule has 2 aliphatic heterocycles. The summed E-state index contributed by atoms with van der Waals surface area (Å²) < 4.78 is 71.2. The Morgan fingerprint density at radius 2 is 1.81 bits per heavy atom. The topological polar surface area (TPSA) is 62.7 Å². The molecule has 0 aliphatic carbocycles. The lowest BCUT2D eigenvalue weighted by Crippen LogP contribution is -2.50. The first-order valence-electron chi connectivity index (χ1n) is 8.61. The molecule has 146 valence electrons. The zero-order chi connectivity index (χ0) is 18.8. The summed E-state index contributed by atoms with van der Waals surface area (Å²) in [4.78, 5) is 4.65. The van der Waals surface area contributed by atoms with Gasteiger partial charge in [-0.25, -0.2) is 8.42 Å². The maximum Gasteiger partial charge on any atom is 0.434 e. The molecule has 0 radical (unpaired) electrons.